The van der Waals surface area contributed by atoms with Crippen LogP contribution in [0.1, 0.15) is 19.3 Å². The lowest BCUT2D eigenvalue weighted by molar-refractivity contribution is -0.126. The molecule has 1 aromatic rings. The summed E-state index contributed by atoms with van der Waals surface area (Å²) in [4.78, 5) is 37.5. The Morgan fingerprint density at radius 1 is 1.20 bits per heavy atom. The molecule has 1 aliphatic heterocycles. The van der Waals surface area contributed by atoms with Crippen molar-refractivity contribution in [2.24, 2.45) is 0 Å². The van der Waals surface area contributed by atoms with Crippen LogP contribution in [0.4, 0.5) is 10.5 Å². The van der Waals surface area contributed by atoms with Crippen LogP contribution >= 0.6 is 23.2 Å². The van der Waals surface area contributed by atoms with Crippen LogP contribution in [0.25, 0.3) is 0 Å². The molecular formula is C16H20Cl2N4O3. The average molecular weight is 387 g/mol. The Hall–Kier alpha value is -1.83. The zero-order chi connectivity index (χ0) is 18.4. The molecule has 4 amide bonds. The van der Waals surface area contributed by atoms with Crippen LogP contribution in [0.15, 0.2) is 18.2 Å². The summed E-state index contributed by atoms with van der Waals surface area (Å²) in [5, 5.41) is 8.08. The number of halogens is 2. The van der Waals surface area contributed by atoms with Gasteiger partial charge in [-0.2, -0.15) is 0 Å². The SMILES string of the molecule is CNC(=O)NC(=O)CN1CCCC[C@@H]1C(=O)Nc1ccc(Cl)c(Cl)c1. The van der Waals surface area contributed by atoms with E-state index in [1.54, 1.807) is 23.1 Å². The number of amides is 4. The summed E-state index contributed by atoms with van der Waals surface area (Å²) in [6.07, 6.45) is 2.43. The van der Waals surface area contributed by atoms with Gasteiger partial charge in [-0.05, 0) is 37.6 Å². The van der Waals surface area contributed by atoms with Crippen molar-refractivity contribution in [3.63, 3.8) is 0 Å². The normalized spacial score (nSPS) is 17.6. The van der Waals surface area contributed by atoms with E-state index in [-0.39, 0.29) is 12.5 Å². The van der Waals surface area contributed by atoms with Gasteiger partial charge in [0.1, 0.15) is 0 Å². The van der Waals surface area contributed by atoms with E-state index in [0.717, 1.165) is 12.8 Å². The third-order valence-corrected chi connectivity index (χ3v) is 4.67. The number of piperidine rings is 1. The Labute approximate surface area is 156 Å². The van der Waals surface area contributed by atoms with Gasteiger partial charge in [-0.1, -0.05) is 29.6 Å². The Morgan fingerprint density at radius 2 is 1.96 bits per heavy atom. The van der Waals surface area contributed by atoms with Gasteiger partial charge in [0, 0.05) is 12.7 Å². The maximum atomic E-state index is 12.6. The highest BCUT2D eigenvalue weighted by atomic mass is 35.5. The zero-order valence-corrected chi connectivity index (χ0v) is 15.3. The Kier molecular flexibility index (Phi) is 7.04. The third-order valence-electron chi connectivity index (χ3n) is 3.93. The van der Waals surface area contributed by atoms with E-state index < -0.39 is 18.0 Å². The first-order valence-corrected chi connectivity index (χ1v) is 8.68. The van der Waals surface area contributed by atoms with E-state index in [1.165, 1.54) is 7.05 Å². The van der Waals surface area contributed by atoms with Gasteiger partial charge in [0.15, 0.2) is 0 Å². The number of imide groups is 1. The number of hydrogen-bond donors (Lipinski definition) is 3. The minimum atomic E-state index is -0.571. The van der Waals surface area contributed by atoms with E-state index in [0.29, 0.717) is 28.7 Å². The molecule has 0 unspecified atom stereocenters. The van der Waals surface area contributed by atoms with Gasteiger partial charge < -0.3 is 10.6 Å². The number of benzene rings is 1. The van der Waals surface area contributed by atoms with Crippen molar-refractivity contribution in [3.05, 3.63) is 28.2 Å². The van der Waals surface area contributed by atoms with Crippen molar-refractivity contribution in [2.75, 3.05) is 25.5 Å². The summed E-state index contributed by atoms with van der Waals surface area (Å²) in [7, 11) is 1.43. The van der Waals surface area contributed by atoms with Gasteiger partial charge in [-0.3, -0.25) is 19.8 Å². The summed E-state index contributed by atoms with van der Waals surface area (Å²) in [6, 6.07) is 3.83. The lowest BCUT2D eigenvalue weighted by atomic mass is 10.0. The maximum absolute atomic E-state index is 12.6. The average Bonchev–Trinajstić information content (AvgIpc) is 2.58. The summed E-state index contributed by atoms with van der Waals surface area (Å²) < 4.78 is 0. The second kappa shape index (κ2) is 9.03. The highest BCUT2D eigenvalue weighted by Crippen LogP contribution is 2.26. The molecule has 0 radical (unpaired) electrons. The Bertz CT molecular complexity index is 669. The fraction of sp³-hybridized carbons (Fsp3) is 0.438. The van der Waals surface area contributed by atoms with Crippen LogP contribution in [0, 0.1) is 0 Å². The molecule has 0 aromatic heterocycles. The summed E-state index contributed by atoms with van der Waals surface area (Å²) >= 11 is 11.8. The molecule has 2 rings (SSSR count). The Balaban J connectivity index is 2.00. The smallest absolute Gasteiger partial charge is 0.321 e. The van der Waals surface area contributed by atoms with Crippen molar-refractivity contribution in [3.8, 4) is 0 Å². The molecule has 3 N–H and O–H groups in total. The first-order chi connectivity index (χ1) is 11.9. The lowest BCUT2D eigenvalue weighted by Crippen LogP contribution is -2.52. The standard InChI is InChI=1S/C16H20Cl2N4O3/c1-19-16(25)21-14(23)9-22-7-3-2-4-13(22)15(24)20-10-5-6-11(17)12(18)8-10/h5-6,8,13H,2-4,7,9H2,1H3,(H,20,24)(H2,19,21,23,25)/t13-/m1/s1. The fourth-order valence-electron chi connectivity index (χ4n) is 2.69. The first kappa shape index (κ1) is 19.5. The topological polar surface area (TPSA) is 90.5 Å². The number of rotatable bonds is 4. The van der Waals surface area contributed by atoms with Gasteiger partial charge in [-0.15, -0.1) is 0 Å². The molecule has 25 heavy (non-hydrogen) atoms. The number of nitrogens with one attached hydrogen (secondary N) is 3. The molecular weight excluding hydrogens is 367 g/mol. The molecule has 0 saturated carbocycles. The fourth-order valence-corrected chi connectivity index (χ4v) is 2.99. The van der Waals surface area contributed by atoms with Crippen LogP contribution < -0.4 is 16.0 Å². The van der Waals surface area contributed by atoms with Crippen LogP contribution in [0.5, 0.6) is 0 Å². The largest absolute Gasteiger partial charge is 0.341 e. The second-order valence-electron chi connectivity index (χ2n) is 5.73. The molecule has 1 atom stereocenters. The monoisotopic (exact) mass is 386 g/mol. The van der Waals surface area contributed by atoms with Crippen molar-refractivity contribution in [2.45, 2.75) is 25.3 Å². The van der Waals surface area contributed by atoms with Crippen LogP contribution in [0.2, 0.25) is 10.0 Å². The van der Waals surface area contributed by atoms with E-state index in [1.807, 2.05) is 0 Å². The highest BCUT2D eigenvalue weighted by molar-refractivity contribution is 6.42. The molecule has 1 aromatic carbocycles. The zero-order valence-electron chi connectivity index (χ0n) is 13.8. The highest BCUT2D eigenvalue weighted by Gasteiger charge is 2.30. The molecule has 1 fully saturated rings. The molecule has 0 bridgehead atoms. The van der Waals surface area contributed by atoms with Crippen molar-refractivity contribution < 1.29 is 14.4 Å². The summed E-state index contributed by atoms with van der Waals surface area (Å²) in [6.45, 7) is 0.591. The van der Waals surface area contributed by atoms with Gasteiger partial charge >= 0.3 is 6.03 Å². The molecule has 7 nitrogen and oxygen atoms in total. The number of carbonyl (C=O) groups excluding carboxylic acids is 3. The van der Waals surface area contributed by atoms with Crippen molar-refractivity contribution in [1.82, 2.24) is 15.5 Å². The molecule has 0 spiro atoms. The van der Waals surface area contributed by atoms with Crippen molar-refractivity contribution in [1.29, 1.82) is 0 Å². The predicted octanol–water partition coefficient (Wildman–Crippen LogP) is 2.24. The molecule has 136 valence electrons. The number of hydrogen-bond acceptors (Lipinski definition) is 4. The van der Waals surface area contributed by atoms with E-state index in [4.69, 9.17) is 23.2 Å². The van der Waals surface area contributed by atoms with Crippen LogP contribution in [-0.2, 0) is 9.59 Å². The van der Waals surface area contributed by atoms with E-state index in [2.05, 4.69) is 16.0 Å². The Morgan fingerprint density at radius 3 is 2.64 bits per heavy atom. The van der Waals surface area contributed by atoms with E-state index >= 15 is 0 Å². The molecule has 9 heteroatoms. The predicted molar refractivity (Wildman–Crippen MR) is 96.9 cm³/mol. The second-order valence-corrected chi connectivity index (χ2v) is 6.54. The van der Waals surface area contributed by atoms with Crippen LogP contribution in [0.3, 0.4) is 0 Å². The number of urea groups is 1. The number of likely N-dealkylation sites (tertiary alicyclic amines) is 1. The summed E-state index contributed by atoms with van der Waals surface area (Å²) in [5.41, 5.74) is 0.541. The molecule has 1 heterocycles. The first-order valence-electron chi connectivity index (χ1n) is 7.92. The van der Waals surface area contributed by atoms with Gasteiger partial charge in [0.25, 0.3) is 0 Å². The third kappa shape index (κ3) is 5.59. The van der Waals surface area contributed by atoms with Gasteiger partial charge in [0.05, 0.1) is 22.6 Å². The number of nitrogens with zero attached hydrogens (tertiary/aromatic N) is 1. The molecule has 1 saturated heterocycles. The van der Waals surface area contributed by atoms with Crippen molar-refractivity contribution >= 4 is 46.7 Å². The number of carbonyl (C=O) groups is 3. The minimum absolute atomic E-state index is 0.0210. The maximum Gasteiger partial charge on any atom is 0.321 e. The van der Waals surface area contributed by atoms with Gasteiger partial charge in [-0.25, -0.2) is 4.79 Å². The molecule has 0 aliphatic carbocycles. The minimum Gasteiger partial charge on any atom is -0.341 e. The summed E-state index contributed by atoms with van der Waals surface area (Å²) in [5.74, 6) is -0.667. The quantitative estimate of drug-likeness (QED) is 0.739. The van der Waals surface area contributed by atoms with Crippen LogP contribution in [-0.4, -0.2) is 48.9 Å². The number of anilines is 1. The van der Waals surface area contributed by atoms with E-state index in [9.17, 15) is 14.4 Å². The molecule has 1 aliphatic rings. The van der Waals surface area contributed by atoms with Gasteiger partial charge in [0.2, 0.25) is 11.8 Å². The lowest BCUT2D eigenvalue weighted by Gasteiger charge is -2.33.